The average molecular weight is 445 g/mol. The zero-order valence-electron chi connectivity index (χ0n) is 17.3. The molecule has 4 rings (SSSR count). The minimum Gasteiger partial charge on any atom is -0.352 e. The molecule has 10 heteroatoms. The Bertz CT molecular complexity index is 1200. The van der Waals surface area contributed by atoms with E-state index in [2.05, 4.69) is 15.6 Å². The number of aryl methyl sites for hydroxylation is 1. The summed E-state index contributed by atoms with van der Waals surface area (Å²) in [6.45, 7) is 1.05. The number of amides is 2. The van der Waals surface area contributed by atoms with Gasteiger partial charge in [0.1, 0.15) is 0 Å². The van der Waals surface area contributed by atoms with Crippen LogP contribution in [-0.4, -0.2) is 34.7 Å². The minimum absolute atomic E-state index is 0.0682. The van der Waals surface area contributed by atoms with Crippen LogP contribution in [0.2, 0.25) is 0 Å². The molecule has 0 radical (unpaired) electrons. The molecule has 0 atom stereocenters. The first-order valence-corrected chi connectivity index (χ1v) is 10.2. The van der Waals surface area contributed by atoms with Gasteiger partial charge in [-0.15, -0.1) is 0 Å². The molecule has 0 saturated carbocycles. The van der Waals surface area contributed by atoms with Crippen LogP contribution in [0.25, 0.3) is 11.0 Å². The van der Waals surface area contributed by atoms with E-state index in [4.69, 9.17) is 0 Å². The zero-order chi connectivity index (χ0) is 22.9. The van der Waals surface area contributed by atoms with Gasteiger partial charge in [0, 0.05) is 31.9 Å². The van der Waals surface area contributed by atoms with Crippen molar-refractivity contribution in [2.45, 2.75) is 25.1 Å². The first-order valence-electron chi connectivity index (χ1n) is 10.2. The molecule has 1 aromatic heterocycles. The maximum absolute atomic E-state index is 12.8. The number of rotatable bonds is 3. The second-order valence-corrected chi connectivity index (χ2v) is 7.73. The van der Waals surface area contributed by atoms with Crippen molar-refractivity contribution in [1.29, 1.82) is 0 Å². The summed E-state index contributed by atoms with van der Waals surface area (Å²) in [5, 5.41) is 5.24. The molecule has 2 aromatic carbocycles. The van der Waals surface area contributed by atoms with Gasteiger partial charge in [0.15, 0.2) is 5.82 Å². The summed E-state index contributed by atoms with van der Waals surface area (Å²) < 4.78 is 40.1. The Balaban J connectivity index is 1.37. The van der Waals surface area contributed by atoms with Crippen LogP contribution in [-0.2, 0) is 13.2 Å². The van der Waals surface area contributed by atoms with Crippen LogP contribution in [0.5, 0.6) is 0 Å². The zero-order valence-corrected chi connectivity index (χ0v) is 17.3. The molecular weight excluding hydrogens is 423 g/mol. The number of aromatic nitrogens is 2. The van der Waals surface area contributed by atoms with E-state index >= 15 is 0 Å². The summed E-state index contributed by atoms with van der Waals surface area (Å²) in [6, 6.07) is 11.2. The first-order chi connectivity index (χ1) is 15.2. The highest BCUT2D eigenvalue weighted by atomic mass is 19.4. The molecule has 2 amide bonds. The van der Waals surface area contributed by atoms with Crippen molar-refractivity contribution < 1.29 is 18.0 Å². The summed E-state index contributed by atoms with van der Waals surface area (Å²) in [5.41, 5.74) is 0.540. The fraction of sp³-hybridized carbons (Fsp3) is 0.318. The topological polar surface area (TPSA) is 79.3 Å². The third-order valence-corrected chi connectivity index (χ3v) is 5.54. The Kier molecular flexibility index (Phi) is 5.77. The number of carbonyl (C=O) groups is 1. The van der Waals surface area contributed by atoms with Gasteiger partial charge in [0.2, 0.25) is 0 Å². The van der Waals surface area contributed by atoms with E-state index in [1.165, 1.54) is 12.1 Å². The van der Waals surface area contributed by atoms with Crippen LogP contribution in [0.4, 0.5) is 29.5 Å². The number of alkyl halides is 3. The Morgan fingerprint density at radius 3 is 2.53 bits per heavy atom. The SMILES string of the molecule is Cn1c(=O)c(N2CCC(NC(=O)Nc3cccc(C(F)(F)F)c3)CC2)nc2ccccc21. The van der Waals surface area contributed by atoms with Crippen LogP contribution in [0.3, 0.4) is 0 Å². The third kappa shape index (κ3) is 4.53. The van der Waals surface area contributed by atoms with Crippen LogP contribution in [0.15, 0.2) is 53.3 Å². The van der Waals surface area contributed by atoms with E-state index in [0.717, 1.165) is 23.2 Å². The number of carbonyl (C=O) groups excluding carboxylic acids is 1. The monoisotopic (exact) mass is 445 g/mol. The molecule has 0 unspecified atom stereocenters. The van der Waals surface area contributed by atoms with Gasteiger partial charge in [-0.05, 0) is 43.2 Å². The van der Waals surface area contributed by atoms with Crippen molar-refractivity contribution in [1.82, 2.24) is 14.9 Å². The van der Waals surface area contributed by atoms with Crippen molar-refractivity contribution in [2.75, 3.05) is 23.3 Å². The lowest BCUT2D eigenvalue weighted by Crippen LogP contribution is -2.47. The Hall–Kier alpha value is -3.56. The van der Waals surface area contributed by atoms with Crippen molar-refractivity contribution in [2.24, 2.45) is 7.05 Å². The maximum Gasteiger partial charge on any atom is 0.416 e. The molecule has 168 valence electrons. The van der Waals surface area contributed by atoms with Gasteiger partial charge < -0.3 is 20.1 Å². The van der Waals surface area contributed by atoms with Crippen LogP contribution < -0.4 is 21.1 Å². The summed E-state index contributed by atoms with van der Waals surface area (Å²) in [5.74, 6) is 0.373. The number of piperidine rings is 1. The highest BCUT2D eigenvalue weighted by Gasteiger charge is 2.30. The molecule has 1 aliphatic heterocycles. The molecule has 1 saturated heterocycles. The quantitative estimate of drug-likeness (QED) is 0.644. The van der Waals surface area contributed by atoms with Gasteiger partial charge >= 0.3 is 12.2 Å². The summed E-state index contributed by atoms with van der Waals surface area (Å²) in [6.07, 6.45) is -3.32. The minimum atomic E-state index is -4.48. The summed E-state index contributed by atoms with van der Waals surface area (Å²) in [7, 11) is 1.71. The predicted octanol–water partition coefficient (Wildman–Crippen LogP) is 3.74. The van der Waals surface area contributed by atoms with E-state index in [9.17, 15) is 22.8 Å². The Morgan fingerprint density at radius 1 is 1.09 bits per heavy atom. The smallest absolute Gasteiger partial charge is 0.352 e. The van der Waals surface area contributed by atoms with Gasteiger partial charge in [-0.25, -0.2) is 9.78 Å². The van der Waals surface area contributed by atoms with Gasteiger partial charge in [0.05, 0.1) is 16.6 Å². The lowest BCUT2D eigenvalue weighted by molar-refractivity contribution is -0.137. The van der Waals surface area contributed by atoms with Crippen molar-refractivity contribution in [3.8, 4) is 0 Å². The van der Waals surface area contributed by atoms with E-state index in [1.807, 2.05) is 29.2 Å². The number of hydrogen-bond acceptors (Lipinski definition) is 4. The maximum atomic E-state index is 12.8. The molecule has 0 aliphatic carbocycles. The largest absolute Gasteiger partial charge is 0.416 e. The second-order valence-electron chi connectivity index (χ2n) is 7.73. The third-order valence-electron chi connectivity index (χ3n) is 5.54. The Labute approximate surface area is 181 Å². The standard InChI is InChI=1S/C22H22F3N5O2/c1-29-18-8-3-2-7-17(18)28-19(20(29)31)30-11-9-15(10-12-30)26-21(32)27-16-6-4-5-14(13-16)22(23,24)25/h2-8,13,15H,9-12H2,1H3,(H2,26,27,32). The number of hydrogen-bond donors (Lipinski definition) is 2. The van der Waals surface area contributed by atoms with Crippen LogP contribution in [0, 0.1) is 0 Å². The number of para-hydroxylation sites is 2. The number of nitrogens with zero attached hydrogens (tertiary/aromatic N) is 3. The normalized spacial score (nSPS) is 15.1. The van der Waals surface area contributed by atoms with Gasteiger partial charge in [0.25, 0.3) is 5.56 Å². The molecule has 1 aliphatic rings. The highest BCUT2D eigenvalue weighted by molar-refractivity contribution is 5.89. The summed E-state index contributed by atoms with van der Waals surface area (Å²) >= 11 is 0. The van der Waals surface area contributed by atoms with Crippen LogP contribution in [0.1, 0.15) is 18.4 Å². The number of fused-ring (bicyclic) bond motifs is 1. The van der Waals surface area contributed by atoms with Crippen molar-refractivity contribution in [3.63, 3.8) is 0 Å². The van der Waals surface area contributed by atoms with Crippen LogP contribution >= 0.6 is 0 Å². The van der Waals surface area contributed by atoms with Gasteiger partial charge in [-0.2, -0.15) is 13.2 Å². The fourth-order valence-electron chi connectivity index (χ4n) is 3.83. The lowest BCUT2D eigenvalue weighted by atomic mass is 10.1. The molecule has 2 N–H and O–H groups in total. The molecule has 0 spiro atoms. The second kappa shape index (κ2) is 8.52. The first kappa shape index (κ1) is 21.7. The molecule has 1 fully saturated rings. The number of urea groups is 1. The molecule has 7 nitrogen and oxygen atoms in total. The highest BCUT2D eigenvalue weighted by Crippen LogP contribution is 2.30. The number of anilines is 2. The lowest BCUT2D eigenvalue weighted by Gasteiger charge is -2.33. The molecule has 3 aromatic rings. The average Bonchev–Trinajstić information content (AvgIpc) is 2.76. The number of nitrogens with one attached hydrogen (secondary N) is 2. The number of benzene rings is 2. The molecule has 0 bridgehead atoms. The van der Waals surface area contributed by atoms with E-state index in [0.29, 0.717) is 31.7 Å². The van der Waals surface area contributed by atoms with Crippen molar-refractivity contribution in [3.05, 3.63) is 64.4 Å². The molecule has 32 heavy (non-hydrogen) atoms. The predicted molar refractivity (Wildman–Crippen MR) is 116 cm³/mol. The van der Waals surface area contributed by atoms with Gasteiger partial charge in [-0.1, -0.05) is 18.2 Å². The van der Waals surface area contributed by atoms with E-state index in [1.54, 1.807) is 11.6 Å². The fourth-order valence-corrected chi connectivity index (χ4v) is 3.83. The molecule has 2 heterocycles. The van der Waals surface area contributed by atoms with Gasteiger partial charge in [-0.3, -0.25) is 4.79 Å². The van der Waals surface area contributed by atoms with E-state index in [-0.39, 0.29) is 17.3 Å². The van der Waals surface area contributed by atoms with E-state index < -0.39 is 17.8 Å². The summed E-state index contributed by atoms with van der Waals surface area (Å²) in [4.78, 5) is 31.4. The molecular formula is C22H22F3N5O2. The Morgan fingerprint density at radius 2 is 1.81 bits per heavy atom. The number of halogens is 3. The van der Waals surface area contributed by atoms with Crippen molar-refractivity contribution >= 4 is 28.6 Å².